The molecule has 2 amide bonds. The van der Waals surface area contributed by atoms with Crippen molar-refractivity contribution in [2.45, 2.75) is 45.2 Å². The zero-order valence-electron chi connectivity index (χ0n) is 22.1. The van der Waals surface area contributed by atoms with Crippen LogP contribution >= 0.6 is 11.6 Å². The quantitative estimate of drug-likeness (QED) is 0.359. The van der Waals surface area contributed by atoms with Crippen molar-refractivity contribution in [1.29, 1.82) is 0 Å². The second kappa shape index (κ2) is 12.9. The van der Waals surface area contributed by atoms with Crippen LogP contribution in [0.15, 0.2) is 83.8 Å². The molecule has 3 rings (SSSR count). The first-order valence-electron chi connectivity index (χ1n) is 12.5. The Labute approximate surface area is 230 Å². The van der Waals surface area contributed by atoms with E-state index in [1.807, 2.05) is 45.0 Å². The highest BCUT2D eigenvalue weighted by Crippen LogP contribution is 2.30. The smallest absolute Gasteiger partial charge is 0.264 e. The summed E-state index contributed by atoms with van der Waals surface area (Å²) >= 11 is 6.41. The van der Waals surface area contributed by atoms with E-state index in [9.17, 15) is 18.0 Å². The Kier molecular flexibility index (Phi) is 9.94. The Hall–Kier alpha value is -3.36. The fourth-order valence-corrected chi connectivity index (χ4v) is 5.64. The lowest BCUT2D eigenvalue weighted by atomic mass is 10.1. The summed E-state index contributed by atoms with van der Waals surface area (Å²) in [6.45, 7) is 7.62. The first-order valence-corrected chi connectivity index (χ1v) is 14.3. The van der Waals surface area contributed by atoms with E-state index < -0.39 is 28.5 Å². The minimum Gasteiger partial charge on any atom is -0.354 e. The predicted molar refractivity (Wildman–Crippen MR) is 151 cm³/mol. The maximum Gasteiger partial charge on any atom is 0.264 e. The number of halogens is 1. The van der Waals surface area contributed by atoms with Crippen LogP contribution in [0.25, 0.3) is 0 Å². The molecule has 0 spiro atoms. The van der Waals surface area contributed by atoms with Crippen LogP contribution in [-0.2, 0) is 26.2 Å². The van der Waals surface area contributed by atoms with Crippen molar-refractivity contribution in [1.82, 2.24) is 10.2 Å². The molecule has 202 valence electrons. The maximum absolute atomic E-state index is 13.9. The molecule has 0 aromatic heterocycles. The van der Waals surface area contributed by atoms with Crippen molar-refractivity contribution < 1.29 is 18.0 Å². The van der Waals surface area contributed by atoms with Crippen molar-refractivity contribution in [2.75, 3.05) is 17.4 Å². The number of anilines is 1. The number of benzene rings is 3. The van der Waals surface area contributed by atoms with Crippen molar-refractivity contribution in [3.8, 4) is 0 Å². The van der Waals surface area contributed by atoms with E-state index in [1.165, 1.54) is 17.0 Å². The minimum atomic E-state index is -4.15. The lowest BCUT2D eigenvalue weighted by molar-refractivity contribution is -0.139. The maximum atomic E-state index is 13.9. The van der Waals surface area contributed by atoms with E-state index in [0.717, 1.165) is 15.4 Å². The van der Waals surface area contributed by atoms with Crippen LogP contribution in [0, 0.1) is 12.8 Å². The summed E-state index contributed by atoms with van der Waals surface area (Å²) in [5.74, 6) is -0.603. The molecule has 7 nitrogen and oxygen atoms in total. The monoisotopic (exact) mass is 555 g/mol. The highest BCUT2D eigenvalue weighted by atomic mass is 35.5. The molecule has 3 aromatic rings. The van der Waals surface area contributed by atoms with Crippen molar-refractivity contribution in [3.05, 3.63) is 95.0 Å². The number of rotatable bonds is 11. The second-order valence-corrected chi connectivity index (χ2v) is 11.8. The van der Waals surface area contributed by atoms with E-state index >= 15 is 0 Å². The molecule has 1 atom stereocenters. The lowest BCUT2D eigenvalue weighted by Gasteiger charge is -2.32. The fourth-order valence-electron chi connectivity index (χ4n) is 3.89. The van der Waals surface area contributed by atoms with Gasteiger partial charge in [-0.25, -0.2) is 8.42 Å². The third kappa shape index (κ3) is 7.14. The van der Waals surface area contributed by atoms with Gasteiger partial charge < -0.3 is 10.2 Å². The Morgan fingerprint density at radius 3 is 2.13 bits per heavy atom. The highest BCUT2D eigenvalue weighted by Gasteiger charge is 2.33. The molecule has 0 saturated carbocycles. The summed E-state index contributed by atoms with van der Waals surface area (Å²) in [5.41, 5.74) is 2.00. The molecule has 1 unspecified atom stereocenters. The summed E-state index contributed by atoms with van der Waals surface area (Å²) in [4.78, 5) is 28.4. The van der Waals surface area contributed by atoms with Gasteiger partial charge in [-0.2, -0.15) is 0 Å². The number of nitrogens with one attached hydrogen (secondary N) is 1. The summed E-state index contributed by atoms with van der Waals surface area (Å²) < 4.78 is 28.5. The van der Waals surface area contributed by atoms with Gasteiger partial charge in [0.2, 0.25) is 11.8 Å². The van der Waals surface area contributed by atoms with Crippen LogP contribution < -0.4 is 9.62 Å². The van der Waals surface area contributed by atoms with Gasteiger partial charge in [0.15, 0.2) is 0 Å². The average Bonchev–Trinajstić information content (AvgIpc) is 2.90. The van der Waals surface area contributed by atoms with Crippen LogP contribution in [0.5, 0.6) is 0 Å². The lowest BCUT2D eigenvalue weighted by Crippen LogP contribution is -2.51. The zero-order chi connectivity index (χ0) is 27.9. The highest BCUT2D eigenvalue weighted by molar-refractivity contribution is 7.92. The third-order valence-corrected chi connectivity index (χ3v) is 8.28. The molecule has 38 heavy (non-hydrogen) atoms. The normalized spacial score (nSPS) is 12.2. The van der Waals surface area contributed by atoms with Gasteiger partial charge in [-0.3, -0.25) is 13.9 Å². The summed E-state index contributed by atoms with van der Waals surface area (Å²) in [5, 5.41) is 3.07. The number of amides is 2. The number of carbonyl (C=O) groups is 2. The van der Waals surface area contributed by atoms with Crippen molar-refractivity contribution in [3.63, 3.8) is 0 Å². The number of para-hydroxylation sites is 1. The number of aryl methyl sites for hydroxylation is 1. The molecule has 0 saturated heterocycles. The third-order valence-electron chi connectivity index (χ3n) is 6.18. The Bertz CT molecular complexity index is 1360. The van der Waals surface area contributed by atoms with E-state index in [2.05, 4.69) is 5.32 Å². The van der Waals surface area contributed by atoms with Gasteiger partial charge in [0.05, 0.1) is 15.6 Å². The summed E-state index contributed by atoms with van der Waals surface area (Å²) in [6, 6.07) is 21.1. The largest absolute Gasteiger partial charge is 0.354 e. The van der Waals surface area contributed by atoms with E-state index in [1.54, 1.807) is 49.4 Å². The predicted octanol–water partition coefficient (Wildman–Crippen LogP) is 5.03. The summed E-state index contributed by atoms with van der Waals surface area (Å²) in [7, 11) is -4.15. The Morgan fingerprint density at radius 1 is 0.895 bits per heavy atom. The Morgan fingerprint density at radius 2 is 1.50 bits per heavy atom. The van der Waals surface area contributed by atoms with Gasteiger partial charge >= 0.3 is 0 Å². The zero-order valence-corrected chi connectivity index (χ0v) is 23.7. The SMILES string of the molecule is Cc1ccccc1CN(C(=O)CN(c1ccccc1Cl)S(=O)(=O)c1ccccc1)C(C)C(=O)NCC(C)C. The van der Waals surface area contributed by atoms with Gasteiger partial charge in [0.1, 0.15) is 12.6 Å². The van der Waals surface area contributed by atoms with Crippen LogP contribution in [0.4, 0.5) is 5.69 Å². The van der Waals surface area contributed by atoms with Crippen LogP contribution in [0.3, 0.4) is 0 Å². The standard InChI is InChI=1S/C29H34ClN3O4S/c1-21(2)18-31-29(35)23(4)32(19-24-13-9-8-12-22(24)3)28(34)20-33(27-17-11-10-16-26(27)30)38(36,37)25-14-6-5-7-15-25/h5-17,21,23H,18-20H2,1-4H3,(H,31,35). The summed E-state index contributed by atoms with van der Waals surface area (Å²) in [6.07, 6.45) is 0. The first-order chi connectivity index (χ1) is 18.0. The number of nitrogens with zero attached hydrogens (tertiary/aromatic N) is 2. The number of hydrogen-bond donors (Lipinski definition) is 1. The fraction of sp³-hybridized carbons (Fsp3) is 0.310. The van der Waals surface area contributed by atoms with Crippen LogP contribution in [0.2, 0.25) is 5.02 Å². The number of sulfonamides is 1. The van der Waals surface area contributed by atoms with E-state index in [0.29, 0.717) is 6.54 Å². The average molecular weight is 556 g/mol. The molecule has 1 N–H and O–H groups in total. The van der Waals surface area contributed by atoms with Crippen LogP contribution in [0.1, 0.15) is 31.9 Å². The van der Waals surface area contributed by atoms with Gasteiger partial charge in [0, 0.05) is 13.1 Å². The first kappa shape index (κ1) is 29.2. The van der Waals surface area contributed by atoms with E-state index in [4.69, 9.17) is 11.6 Å². The number of carbonyl (C=O) groups excluding carboxylic acids is 2. The molecular weight excluding hydrogens is 522 g/mol. The molecule has 0 aliphatic carbocycles. The van der Waals surface area contributed by atoms with Gasteiger partial charge in [-0.15, -0.1) is 0 Å². The second-order valence-electron chi connectivity index (χ2n) is 9.54. The van der Waals surface area contributed by atoms with Crippen LogP contribution in [-0.4, -0.2) is 44.3 Å². The van der Waals surface area contributed by atoms with Crippen molar-refractivity contribution >= 4 is 39.1 Å². The van der Waals surface area contributed by atoms with Gasteiger partial charge in [0.25, 0.3) is 10.0 Å². The molecule has 0 aliphatic rings. The Balaban J connectivity index is 2.02. The molecule has 9 heteroatoms. The molecule has 0 bridgehead atoms. The minimum absolute atomic E-state index is 0.0286. The van der Waals surface area contributed by atoms with E-state index in [-0.39, 0.29) is 34.0 Å². The van der Waals surface area contributed by atoms with Gasteiger partial charge in [-0.05, 0) is 55.2 Å². The van der Waals surface area contributed by atoms with Gasteiger partial charge in [-0.1, -0.05) is 80.0 Å². The molecule has 0 heterocycles. The number of hydrogen-bond acceptors (Lipinski definition) is 4. The molecule has 0 aliphatic heterocycles. The molecule has 0 radical (unpaired) electrons. The molecular formula is C29H34ClN3O4S. The molecule has 0 fully saturated rings. The topological polar surface area (TPSA) is 86.8 Å². The molecule has 3 aromatic carbocycles. The van der Waals surface area contributed by atoms with Crippen molar-refractivity contribution in [2.24, 2.45) is 5.92 Å².